The number of nitrogens with two attached hydrogens (primary N) is 1. The fourth-order valence-electron chi connectivity index (χ4n) is 2.86. The minimum Gasteiger partial charge on any atom is -0.492 e. The van der Waals surface area contributed by atoms with Crippen molar-refractivity contribution in [3.63, 3.8) is 0 Å². The van der Waals surface area contributed by atoms with Crippen LogP contribution in [0.3, 0.4) is 0 Å². The second-order valence-electron chi connectivity index (χ2n) is 5.86. The zero-order valence-corrected chi connectivity index (χ0v) is 12.9. The largest absolute Gasteiger partial charge is 0.492 e. The lowest BCUT2D eigenvalue weighted by Crippen LogP contribution is -2.55. The van der Waals surface area contributed by atoms with Crippen molar-refractivity contribution in [3.05, 3.63) is 29.3 Å². The third-order valence-electron chi connectivity index (χ3n) is 3.92. The summed E-state index contributed by atoms with van der Waals surface area (Å²) < 4.78 is 5.89. The molecule has 1 fully saturated rings. The molecule has 112 valence electrons. The fourth-order valence-corrected chi connectivity index (χ4v) is 2.86. The van der Waals surface area contributed by atoms with Crippen molar-refractivity contribution in [3.8, 4) is 5.75 Å². The van der Waals surface area contributed by atoms with Crippen molar-refractivity contribution in [2.24, 2.45) is 5.73 Å². The number of piperazine rings is 1. The van der Waals surface area contributed by atoms with Gasteiger partial charge >= 0.3 is 0 Å². The minimum atomic E-state index is 0.455. The van der Waals surface area contributed by atoms with E-state index in [1.807, 2.05) is 0 Å². The molecule has 0 radical (unpaired) electrons. The monoisotopic (exact) mass is 277 g/mol. The quantitative estimate of drug-likeness (QED) is 0.880. The van der Waals surface area contributed by atoms with E-state index >= 15 is 0 Å². The molecule has 0 aromatic heterocycles. The number of nitrogens with zero attached hydrogens (tertiary/aromatic N) is 2. The van der Waals surface area contributed by atoms with Crippen LogP contribution in [0.2, 0.25) is 0 Å². The Morgan fingerprint density at radius 3 is 2.55 bits per heavy atom. The number of hydrogen-bond donors (Lipinski definition) is 1. The van der Waals surface area contributed by atoms with Crippen LogP contribution >= 0.6 is 0 Å². The molecule has 4 heteroatoms. The van der Waals surface area contributed by atoms with E-state index < -0.39 is 0 Å². The van der Waals surface area contributed by atoms with Crippen LogP contribution in [0.1, 0.15) is 11.1 Å². The highest BCUT2D eigenvalue weighted by Crippen LogP contribution is 2.16. The van der Waals surface area contributed by atoms with E-state index in [9.17, 15) is 0 Å². The fraction of sp³-hybridized carbons (Fsp3) is 0.625. The number of rotatable bonds is 5. The van der Waals surface area contributed by atoms with Crippen molar-refractivity contribution < 1.29 is 4.74 Å². The summed E-state index contributed by atoms with van der Waals surface area (Å²) in [6.45, 7) is 9.84. The maximum absolute atomic E-state index is 5.89. The van der Waals surface area contributed by atoms with E-state index in [-0.39, 0.29) is 0 Å². The molecule has 1 aliphatic rings. The summed E-state index contributed by atoms with van der Waals surface area (Å²) in [7, 11) is 2.16. The third kappa shape index (κ3) is 4.20. The average Bonchev–Trinajstić information content (AvgIpc) is 2.39. The Kier molecular flexibility index (Phi) is 5.40. The predicted octanol–water partition coefficient (Wildman–Crippen LogP) is 1.26. The molecule has 0 bridgehead atoms. The summed E-state index contributed by atoms with van der Waals surface area (Å²) in [6, 6.07) is 6.81. The highest BCUT2D eigenvalue weighted by molar-refractivity contribution is 5.32. The zero-order chi connectivity index (χ0) is 14.5. The first-order chi connectivity index (χ1) is 9.58. The number of benzene rings is 1. The molecule has 2 N–H and O–H groups in total. The molecule has 1 unspecified atom stereocenters. The van der Waals surface area contributed by atoms with Crippen LogP contribution in [0, 0.1) is 13.8 Å². The number of aryl methyl sites for hydroxylation is 2. The van der Waals surface area contributed by atoms with Gasteiger partial charge in [-0.3, -0.25) is 4.90 Å². The van der Waals surface area contributed by atoms with Crippen LogP contribution in [0.15, 0.2) is 18.2 Å². The molecule has 0 saturated carbocycles. The van der Waals surface area contributed by atoms with Gasteiger partial charge in [0.2, 0.25) is 0 Å². The summed E-state index contributed by atoms with van der Waals surface area (Å²) in [5.74, 6) is 0.973. The van der Waals surface area contributed by atoms with Gasteiger partial charge in [-0.25, -0.2) is 0 Å². The topological polar surface area (TPSA) is 41.7 Å². The number of ether oxygens (including phenoxy) is 1. The normalized spacial score (nSPS) is 21.1. The molecule has 1 aliphatic heterocycles. The molecule has 0 aliphatic carbocycles. The molecule has 0 spiro atoms. The van der Waals surface area contributed by atoms with Crippen molar-refractivity contribution in [2.45, 2.75) is 19.9 Å². The summed E-state index contributed by atoms with van der Waals surface area (Å²) in [5.41, 5.74) is 8.37. The molecule has 2 rings (SSSR count). The third-order valence-corrected chi connectivity index (χ3v) is 3.92. The molecule has 1 atom stereocenters. The van der Waals surface area contributed by atoms with Gasteiger partial charge in [-0.05, 0) is 44.2 Å². The average molecular weight is 277 g/mol. The van der Waals surface area contributed by atoms with Gasteiger partial charge in [0.15, 0.2) is 0 Å². The van der Waals surface area contributed by atoms with Crippen LogP contribution in [0.25, 0.3) is 0 Å². The van der Waals surface area contributed by atoms with Crippen LogP contribution in [0.4, 0.5) is 0 Å². The number of hydrogen-bond acceptors (Lipinski definition) is 4. The van der Waals surface area contributed by atoms with E-state index in [2.05, 4.69) is 48.9 Å². The first kappa shape index (κ1) is 15.3. The molecule has 1 aromatic rings. The lowest BCUT2D eigenvalue weighted by atomic mass is 10.1. The SMILES string of the molecule is Cc1cc(C)cc(OCCN2CCN(C)CC2CN)c1. The van der Waals surface area contributed by atoms with Gasteiger partial charge in [0, 0.05) is 38.8 Å². The molecule has 1 heterocycles. The minimum absolute atomic E-state index is 0.455. The van der Waals surface area contributed by atoms with Crippen LogP contribution in [-0.2, 0) is 0 Å². The van der Waals surface area contributed by atoms with Gasteiger partial charge in [-0.1, -0.05) is 6.07 Å². The first-order valence-electron chi connectivity index (χ1n) is 7.42. The summed E-state index contributed by atoms with van der Waals surface area (Å²) in [6.07, 6.45) is 0. The smallest absolute Gasteiger partial charge is 0.119 e. The number of likely N-dealkylation sites (N-methyl/N-ethyl adjacent to an activating group) is 1. The lowest BCUT2D eigenvalue weighted by Gasteiger charge is -2.39. The maximum atomic E-state index is 5.89. The summed E-state index contributed by atoms with van der Waals surface area (Å²) in [4.78, 5) is 4.79. The van der Waals surface area contributed by atoms with E-state index in [0.717, 1.165) is 38.5 Å². The van der Waals surface area contributed by atoms with Gasteiger partial charge in [-0.2, -0.15) is 0 Å². The second kappa shape index (κ2) is 7.07. The van der Waals surface area contributed by atoms with E-state index in [4.69, 9.17) is 10.5 Å². The van der Waals surface area contributed by atoms with Gasteiger partial charge in [0.25, 0.3) is 0 Å². The first-order valence-corrected chi connectivity index (χ1v) is 7.42. The van der Waals surface area contributed by atoms with Gasteiger partial charge in [-0.15, -0.1) is 0 Å². The lowest BCUT2D eigenvalue weighted by molar-refractivity contribution is 0.0807. The zero-order valence-electron chi connectivity index (χ0n) is 12.9. The summed E-state index contributed by atoms with van der Waals surface area (Å²) in [5, 5.41) is 0. The Morgan fingerprint density at radius 2 is 1.90 bits per heavy atom. The highest BCUT2D eigenvalue weighted by atomic mass is 16.5. The van der Waals surface area contributed by atoms with E-state index in [1.165, 1.54) is 11.1 Å². The van der Waals surface area contributed by atoms with Crippen LogP contribution < -0.4 is 10.5 Å². The van der Waals surface area contributed by atoms with Gasteiger partial charge < -0.3 is 15.4 Å². The Morgan fingerprint density at radius 1 is 1.20 bits per heavy atom. The summed E-state index contributed by atoms with van der Waals surface area (Å²) >= 11 is 0. The van der Waals surface area contributed by atoms with Crippen LogP contribution in [0.5, 0.6) is 5.75 Å². The van der Waals surface area contributed by atoms with E-state index in [0.29, 0.717) is 12.6 Å². The molecule has 0 amide bonds. The van der Waals surface area contributed by atoms with Crippen molar-refractivity contribution in [2.75, 3.05) is 46.4 Å². The van der Waals surface area contributed by atoms with Gasteiger partial charge in [0.1, 0.15) is 12.4 Å². The van der Waals surface area contributed by atoms with Crippen molar-refractivity contribution in [1.82, 2.24) is 9.80 Å². The highest BCUT2D eigenvalue weighted by Gasteiger charge is 2.23. The Hall–Kier alpha value is -1.10. The molecule has 1 saturated heterocycles. The van der Waals surface area contributed by atoms with Crippen molar-refractivity contribution in [1.29, 1.82) is 0 Å². The van der Waals surface area contributed by atoms with Gasteiger partial charge in [0.05, 0.1) is 0 Å². The standard InChI is InChI=1S/C16H27N3O/c1-13-8-14(2)10-16(9-13)20-7-6-19-5-4-18(3)12-15(19)11-17/h8-10,15H,4-7,11-12,17H2,1-3H3. The molecular weight excluding hydrogens is 250 g/mol. The molecule has 20 heavy (non-hydrogen) atoms. The molecular formula is C16H27N3O. The van der Waals surface area contributed by atoms with Crippen molar-refractivity contribution >= 4 is 0 Å². The Labute approximate surface area is 122 Å². The van der Waals surface area contributed by atoms with Crippen LogP contribution in [-0.4, -0.2) is 62.2 Å². The molecule has 1 aromatic carbocycles. The Balaban J connectivity index is 1.82. The van der Waals surface area contributed by atoms with E-state index in [1.54, 1.807) is 0 Å². The maximum Gasteiger partial charge on any atom is 0.119 e. The second-order valence-corrected chi connectivity index (χ2v) is 5.86. The predicted molar refractivity (Wildman–Crippen MR) is 83.3 cm³/mol. The Bertz CT molecular complexity index is 415. The molecule has 4 nitrogen and oxygen atoms in total.